The summed E-state index contributed by atoms with van der Waals surface area (Å²) in [6, 6.07) is 10.5. The molecule has 7 nitrogen and oxygen atoms in total. The lowest BCUT2D eigenvalue weighted by Gasteiger charge is -2.29. The monoisotopic (exact) mass is 519 g/mol. The second kappa shape index (κ2) is 10.4. The number of hydrogen-bond donors (Lipinski definition) is 3. The number of rotatable bonds is 7. The molecule has 33 heavy (non-hydrogen) atoms. The fourth-order valence-electron chi connectivity index (χ4n) is 3.00. The van der Waals surface area contributed by atoms with Crippen molar-refractivity contribution in [3.8, 4) is 0 Å². The number of carbonyl (C=O) groups excluding carboxylic acids is 2. The summed E-state index contributed by atoms with van der Waals surface area (Å²) < 4.78 is 64.3. The van der Waals surface area contributed by atoms with E-state index in [1.807, 2.05) is 24.5 Å². The Morgan fingerprint density at radius 1 is 1.18 bits per heavy atom. The summed E-state index contributed by atoms with van der Waals surface area (Å²) >= 11 is 2.58. The van der Waals surface area contributed by atoms with E-state index in [1.165, 1.54) is 11.8 Å². The summed E-state index contributed by atoms with van der Waals surface area (Å²) in [5, 5.41) is 6.40. The van der Waals surface area contributed by atoms with E-state index in [0.717, 1.165) is 34.9 Å². The van der Waals surface area contributed by atoms with Gasteiger partial charge in [0, 0.05) is 17.1 Å². The Hall–Kier alpha value is -2.22. The van der Waals surface area contributed by atoms with Crippen molar-refractivity contribution in [2.75, 3.05) is 23.9 Å². The van der Waals surface area contributed by atoms with Crippen LogP contribution >= 0.6 is 23.5 Å². The molecule has 13 heteroatoms. The summed E-state index contributed by atoms with van der Waals surface area (Å²) in [6.07, 6.45) is -2.80. The Bertz CT molecular complexity index is 1140. The molecule has 1 aliphatic heterocycles. The van der Waals surface area contributed by atoms with Gasteiger partial charge in [-0.1, -0.05) is 12.1 Å². The van der Waals surface area contributed by atoms with Crippen LogP contribution in [-0.4, -0.2) is 49.5 Å². The molecule has 0 aromatic heterocycles. The van der Waals surface area contributed by atoms with Crippen LogP contribution < -0.4 is 16.0 Å². The number of alkyl halides is 3. The van der Waals surface area contributed by atoms with Crippen LogP contribution in [0.3, 0.4) is 0 Å². The minimum atomic E-state index is -4.71. The second-order valence-electron chi connectivity index (χ2n) is 6.95. The molecule has 3 rings (SSSR count). The molecule has 178 valence electrons. The van der Waals surface area contributed by atoms with E-state index in [0.29, 0.717) is 11.8 Å². The van der Waals surface area contributed by atoms with Crippen LogP contribution in [0.2, 0.25) is 0 Å². The molecule has 1 fully saturated rings. The van der Waals surface area contributed by atoms with Gasteiger partial charge in [0.15, 0.2) is 15.1 Å². The van der Waals surface area contributed by atoms with Gasteiger partial charge in [-0.3, -0.25) is 14.9 Å². The van der Waals surface area contributed by atoms with Crippen LogP contribution in [0.1, 0.15) is 5.56 Å². The van der Waals surface area contributed by atoms with Gasteiger partial charge >= 0.3 is 6.18 Å². The number of hydrogen-bond acceptors (Lipinski definition) is 7. The zero-order valence-corrected chi connectivity index (χ0v) is 19.6. The first-order valence-electron chi connectivity index (χ1n) is 9.51. The van der Waals surface area contributed by atoms with Crippen molar-refractivity contribution < 1.29 is 31.2 Å². The maximum atomic E-state index is 12.9. The van der Waals surface area contributed by atoms with Crippen molar-refractivity contribution in [3.63, 3.8) is 0 Å². The average molecular weight is 520 g/mol. The summed E-state index contributed by atoms with van der Waals surface area (Å²) in [4.78, 5) is 25.0. The molecule has 0 saturated carbocycles. The molecule has 2 amide bonds. The molecule has 0 bridgehead atoms. The van der Waals surface area contributed by atoms with Crippen LogP contribution in [0.5, 0.6) is 0 Å². The third-order valence-corrected chi connectivity index (χ3v) is 8.47. The normalized spacial score (nSPS) is 19.1. The fourth-order valence-corrected chi connectivity index (χ4v) is 5.82. The lowest BCUT2D eigenvalue weighted by atomic mass is 10.2. The van der Waals surface area contributed by atoms with Crippen LogP contribution in [0.15, 0.2) is 58.3 Å². The molecule has 2 unspecified atom stereocenters. The van der Waals surface area contributed by atoms with Crippen molar-refractivity contribution in [2.24, 2.45) is 0 Å². The zero-order valence-electron chi connectivity index (χ0n) is 17.2. The van der Waals surface area contributed by atoms with Crippen molar-refractivity contribution in [1.82, 2.24) is 10.6 Å². The van der Waals surface area contributed by atoms with Crippen LogP contribution in [0.25, 0.3) is 0 Å². The van der Waals surface area contributed by atoms with Gasteiger partial charge < -0.3 is 10.6 Å². The van der Waals surface area contributed by atoms with Gasteiger partial charge in [-0.25, -0.2) is 8.42 Å². The minimum absolute atomic E-state index is 0.0213. The Labute approximate surface area is 197 Å². The first-order valence-corrected chi connectivity index (χ1v) is 13.3. The molecule has 0 radical (unpaired) electrons. The summed E-state index contributed by atoms with van der Waals surface area (Å²) in [7, 11) is -4.36. The van der Waals surface area contributed by atoms with Crippen LogP contribution in [0.4, 0.5) is 18.9 Å². The summed E-state index contributed by atoms with van der Waals surface area (Å²) in [6.45, 7) is -0.306. The van der Waals surface area contributed by atoms with Crippen LogP contribution in [-0.2, 0) is 25.6 Å². The number of thioether (sulfide) groups is 2. The van der Waals surface area contributed by atoms with Crippen molar-refractivity contribution >= 4 is 50.9 Å². The van der Waals surface area contributed by atoms with Gasteiger partial charge in [-0.05, 0) is 42.7 Å². The van der Waals surface area contributed by atoms with Crippen LogP contribution in [0, 0.1) is 0 Å². The fraction of sp³-hybridized carbons (Fsp3) is 0.300. The highest BCUT2D eigenvalue weighted by Gasteiger charge is 2.40. The number of benzene rings is 2. The molecule has 1 saturated heterocycles. The highest BCUT2D eigenvalue weighted by molar-refractivity contribution is 8.00. The number of nitrogens with one attached hydrogen (secondary N) is 3. The van der Waals surface area contributed by atoms with Crippen molar-refractivity contribution in [1.29, 1.82) is 0 Å². The Morgan fingerprint density at radius 3 is 2.58 bits per heavy atom. The summed E-state index contributed by atoms with van der Waals surface area (Å²) in [5.41, 5.74) is -1.22. The predicted molar refractivity (Wildman–Crippen MR) is 122 cm³/mol. The topological polar surface area (TPSA) is 104 Å². The molecule has 2 atom stereocenters. The van der Waals surface area contributed by atoms with E-state index in [9.17, 15) is 31.2 Å². The Kier molecular flexibility index (Phi) is 7.98. The van der Waals surface area contributed by atoms with E-state index in [4.69, 9.17) is 0 Å². The van der Waals surface area contributed by atoms with Gasteiger partial charge in [0.2, 0.25) is 11.8 Å². The highest BCUT2D eigenvalue weighted by atomic mass is 32.2. The van der Waals surface area contributed by atoms with Gasteiger partial charge in [0.25, 0.3) is 0 Å². The van der Waals surface area contributed by atoms with Crippen molar-refractivity contribution in [2.45, 2.75) is 26.7 Å². The highest BCUT2D eigenvalue weighted by Crippen LogP contribution is 2.31. The molecular formula is C20H20F3N3O4S3. The Balaban J connectivity index is 1.58. The van der Waals surface area contributed by atoms with Gasteiger partial charge in [-0.15, -0.1) is 23.5 Å². The number of carbonyl (C=O) groups is 2. The molecule has 3 N–H and O–H groups in total. The third kappa shape index (κ3) is 6.43. The number of amides is 2. The van der Waals surface area contributed by atoms with E-state index < -0.39 is 43.1 Å². The maximum absolute atomic E-state index is 12.9. The maximum Gasteiger partial charge on any atom is 0.416 e. The Morgan fingerprint density at radius 2 is 1.91 bits per heavy atom. The lowest BCUT2D eigenvalue weighted by molar-refractivity contribution is -0.137. The molecular weight excluding hydrogens is 499 g/mol. The molecule has 1 heterocycles. The largest absolute Gasteiger partial charge is 0.416 e. The first kappa shape index (κ1) is 25.4. The summed E-state index contributed by atoms with van der Waals surface area (Å²) in [5.74, 6) is -1.18. The average Bonchev–Trinajstić information content (AvgIpc) is 2.77. The van der Waals surface area contributed by atoms with E-state index >= 15 is 0 Å². The number of anilines is 1. The SMILES string of the molecule is CSc1cccc(NC(=O)CSC2NCC(S(=O)(=O)c3cccc(C(F)(F)F)c3)C(=O)N2)c1. The quantitative estimate of drug-likeness (QED) is 0.483. The van der Waals surface area contributed by atoms with Gasteiger partial charge in [-0.2, -0.15) is 13.2 Å². The first-order chi connectivity index (χ1) is 15.5. The molecule has 2 aromatic rings. The number of sulfone groups is 1. The molecule has 0 spiro atoms. The number of halogens is 3. The minimum Gasteiger partial charge on any atom is -0.331 e. The lowest BCUT2D eigenvalue weighted by Crippen LogP contribution is -2.59. The standard InChI is InChI=1S/C20H20F3N3O4S3/c1-31-14-6-3-5-13(9-14)25-17(27)11-32-19-24-10-16(18(28)26-19)33(29,30)15-7-2-4-12(8-15)20(21,22)23/h2-9,16,19,24H,10-11H2,1H3,(H,25,27)(H,26,28). The zero-order chi connectivity index (χ0) is 24.2. The smallest absolute Gasteiger partial charge is 0.331 e. The van der Waals surface area contributed by atoms with Gasteiger partial charge in [0.05, 0.1) is 16.2 Å². The van der Waals surface area contributed by atoms with Crippen molar-refractivity contribution in [3.05, 3.63) is 54.1 Å². The second-order valence-corrected chi connectivity index (χ2v) is 11.1. The van der Waals surface area contributed by atoms with E-state index in [-0.39, 0.29) is 18.2 Å². The molecule has 2 aromatic carbocycles. The van der Waals surface area contributed by atoms with E-state index in [1.54, 1.807) is 6.07 Å². The third-order valence-electron chi connectivity index (χ3n) is 4.65. The molecule has 1 aliphatic rings. The van der Waals surface area contributed by atoms with E-state index in [2.05, 4.69) is 16.0 Å². The molecule has 0 aliphatic carbocycles. The predicted octanol–water partition coefficient (Wildman–Crippen LogP) is 2.94. The van der Waals surface area contributed by atoms with Gasteiger partial charge in [0.1, 0.15) is 5.50 Å².